The number of benzene rings is 2. The van der Waals surface area contributed by atoms with Gasteiger partial charge in [0.15, 0.2) is 0 Å². The summed E-state index contributed by atoms with van der Waals surface area (Å²) in [6.45, 7) is 1.79. The van der Waals surface area contributed by atoms with Gasteiger partial charge in [0.1, 0.15) is 5.75 Å². The van der Waals surface area contributed by atoms with Crippen LogP contribution in [0.15, 0.2) is 54.6 Å². The van der Waals surface area contributed by atoms with Crippen molar-refractivity contribution in [1.82, 2.24) is 5.32 Å². The van der Waals surface area contributed by atoms with E-state index in [1.807, 2.05) is 54.6 Å². The summed E-state index contributed by atoms with van der Waals surface area (Å²) in [6.07, 6.45) is -0.368. The van der Waals surface area contributed by atoms with Gasteiger partial charge in [-0.1, -0.05) is 41.9 Å². The molecule has 2 aromatic rings. The molecular formula is C20H24ClNO3. The highest BCUT2D eigenvalue weighted by molar-refractivity contribution is 6.30. The maximum Gasteiger partial charge on any atom is 0.119 e. The van der Waals surface area contributed by atoms with Crippen molar-refractivity contribution >= 4 is 11.6 Å². The molecular weight excluding hydrogens is 338 g/mol. The molecule has 1 unspecified atom stereocenters. The summed E-state index contributed by atoms with van der Waals surface area (Å²) in [5.41, 5.74) is 0.804. The largest absolute Gasteiger partial charge is 0.493 e. The van der Waals surface area contributed by atoms with Crippen LogP contribution in [0, 0.1) is 5.41 Å². The molecule has 25 heavy (non-hydrogen) atoms. The molecule has 0 amide bonds. The third-order valence-corrected chi connectivity index (χ3v) is 4.97. The number of ether oxygens (including phenoxy) is 1. The molecule has 3 atom stereocenters. The molecule has 0 saturated heterocycles. The standard InChI is InChI=1S/C20H24ClNO3/c21-16-6-4-5-15(9-16)12-22-13-20(10-18(23)19(24)11-20)14-25-17-7-2-1-3-8-17/h1-9,18-19,22-24H,10-14H2/t18-,19+,20?. The first-order valence-electron chi connectivity index (χ1n) is 8.55. The fourth-order valence-electron chi connectivity index (χ4n) is 3.43. The maximum absolute atomic E-state index is 10.0. The highest BCUT2D eigenvalue weighted by Crippen LogP contribution is 2.38. The minimum Gasteiger partial charge on any atom is -0.493 e. The molecule has 0 heterocycles. The van der Waals surface area contributed by atoms with E-state index >= 15 is 0 Å². The molecule has 2 aromatic carbocycles. The Kier molecular flexibility index (Phi) is 5.97. The van der Waals surface area contributed by atoms with Crippen molar-refractivity contribution in [3.8, 4) is 5.75 Å². The van der Waals surface area contributed by atoms with Gasteiger partial charge in [-0.05, 0) is 42.7 Å². The molecule has 0 aromatic heterocycles. The highest BCUT2D eigenvalue weighted by atomic mass is 35.5. The van der Waals surface area contributed by atoms with Crippen LogP contribution in [-0.4, -0.2) is 35.6 Å². The quantitative estimate of drug-likeness (QED) is 0.709. The van der Waals surface area contributed by atoms with E-state index in [0.29, 0.717) is 37.6 Å². The van der Waals surface area contributed by atoms with Crippen LogP contribution < -0.4 is 10.1 Å². The topological polar surface area (TPSA) is 61.7 Å². The zero-order valence-corrected chi connectivity index (χ0v) is 14.8. The van der Waals surface area contributed by atoms with E-state index in [9.17, 15) is 10.2 Å². The van der Waals surface area contributed by atoms with Gasteiger partial charge < -0.3 is 20.3 Å². The molecule has 1 aliphatic carbocycles. The number of hydrogen-bond acceptors (Lipinski definition) is 4. The Morgan fingerprint density at radius 1 is 1.04 bits per heavy atom. The van der Waals surface area contributed by atoms with Crippen molar-refractivity contribution in [2.75, 3.05) is 13.2 Å². The van der Waals surface area contributed by atoms with E-state index in [4.69, 9.17) is 16.3 Å². The molecule has 5 heteroatoms. The van der Waals surface area contributed by atoms with Gasteiger partial charge in [-0.3, -0.25) is 0 Å². The average Bonchev–Trinajstić information content (AvgIpc) is 2.89. The van der Waals surface area contributed by atoms with Gasteiger partial charge in [0.2, 0.25) is 0 Å². The number of rotatable bonds is 7. The van der Waals surface area contributed by atoms with Crippen LogP contribution in [0.4, 0.5) is 0 Å². The summed E-state index contributed by atoms with van der Waals surface area (Å²) in [7, 11) is 0. The maximum atomic E-state index is 10.0. The SMILES string of the molecule is O[C@@H]1CC(CNCc2cccc(Cl)c2)(COc2ccccc2)C[C@@H]1O. The average molecular weight is 362 g/mol. The molecule has 4 nitrogen and oxygen atoms in total. The molecule has 0 aliphatic heterocycles. The molecule has 3 N–H and O–H groups in total. The van der Waals surface area contributed by atoms with Gasteiger partial charge in [-0.25, -0.2) is 0 Å². The Balaban J connectivity index is 1.61. The first kappa shape index (κ1) is 18.2. The Hall–Kier alpha value is -1.59. The lowest BCUT2D eigenvalue weighted by Gasteiger charge is -2.29. The Morgan fingerprint density at radius 2 is 1.76 bits per heavy atom. The van der Waals surface area contributed by atoms with Gasteiger partial charge >= 0.3 is 0 Å². The third kappa shape index (κ3) is 4.95. The number of halogens is 1. The Labute approximate surface area is 153 Å². The molecule has 1 saturated carbocycles. The molecule has 1 aliphatic rings. The summed E-state index contributed by atoms with van der Waals surface area (Å²) in [4.78, 5) is 0. The summed E-state index contributed by atoms with van der Waals surface area (Å²) in [6, 6.07) is 17.3. The minimum atomic E-state index is -0.702. The summed E-state index contributed by atoms with van der Waals surface area (Å²) in [5.74, 6) is 0.799. The first-order chi connectivity index (χ1) is 12.1. The molecule has 3 rings (SSSR count). The van der Waals surface area contributed by atoms with Crippen molar-refractivity contribution < 1.29 is 14.9 Å². The van der Waals surface area contributed by atoms with Crippen LogP contribution in [0.5, 0.6) is 5.75 Å². The normalized spacial score (nSPS) is 25.9. The smallest absolute Gasteiger partial charge is 0.119 e. The van der Waals surface area contributed by atoms with Crippen LogP contribution >= 0.6 is 11.6 Å². The van der Waals surface area contributed by atoms with Crippen molar-refractivity contribution in [2.24, 2.45) is 5.41 Å². The van der Waals surface area contributed by atoms with Crippen LogP contribution in [0.25, 0.3) is 0 Å². The second-order valence-electron chi connectivity index (χ2n) is 6.88. The fourth-order valence-corrected chi connectivity index (χ4v) is 3.64. The Morgan fingerprint density at radius 3 is 2.44 bits per heavy atom. The molecule has 1 fully saturated rings. The van der Waals surface area contributed by atoms with Crippen LogP contribution in [0.1, 0.15) is 18.4 Å². The van der Waals surface area contributed by atoms with E-state index in [0.717, 1.165) is 11.3 Å². The molecule has 0 bridgehead atoms. The Bertz CT molecular complexity index is 670. The number of nitrogens with one attached hydrogen (secondary N) is 1. The molecule has 134 valence electrons. The van der Waals surface area contributed by atoms with Gasteiger partial charge in [0.25, 0.3) is 0 Å². The van der Waals surface area contributed by atoms with Crippen LogP contribution in [0.3, 0.4) is 0 Å². The van der Waals surface area contributed by atoms with Gasteiger partial charge in [-0.15, -0.1) is 0 Å². The monoisotopic (exact) mass is 361 g/mol. The van der Waals surface area contributed by atoms with E-state index in [2.05, 4.69) is 5.32 Å². The van der Waals surface area contributed by atoms with E-state index in [-0.39, 0.29) is 5.41 Å². The van der Waals surface area contributed by atoms with Crippen LogP contribution in [0.2, 0.25) is 5.02 Å². The van der Waals surface area contributed by atoms with E-state index in [1.165, 1.54) is 0 Å². The second kappa shape index (κ2) is 8.19. The highest BCUT2D eigenvalue weighted by Gasteiger charge is 2.44. The number of aliphatic hydroxyl groups is 2. The van der Waals surface area contributed by atoms with Gasteiger partial charge in [0, 0.05) is 23.5 Å². The predicted molar refractivity (Wildman–Crippen MR) is 98.8 cm³/mol. The van der Waals surface area contributed by atoms with Gasteiger partial charge in [-0.2, -0.15) is 0 Å². The lowest BCUT2D eigenvalue weighted by Crippen LogP contribution is -2.37. The number of para-hydroxylation sites is 1. The van der Waals surface area contributed by atoms with E-state index < -0.39 is 12.2 Å². The van der Waals surface area contributed by atoms with Crippen molar-refractivity contribution in [3.05, 3.63) is 65.2 Å². The number of aliphatic hydroxyl groups excluding tert-OH is 2. The predicted octanol–water partition coefficient (Wildman–Crippen LogP) is 3.01. The summed E-state index contributed by atoms with van der Waals surface area (Å²) >= 11 is 6.02. The molecule has 0 radical (unpaired) electrons. The van der Waals surface area contributed by atoms with Gasteiger partial charge in [0.05, 0.1) is 18.8 Å². The lowest BCUT2D eigenvalue weighted by molar-refractivity contribution is 0.0438. The molecule has 0 spiro atoms. The third-order valence-electron chi connectivity index (χ3n) is 4.73. The van der Waals surface area contributed by atoms with E-state index in [1.54, 1.807) is 0 Å². The summed E-state index contributed by atoms with van der Waals surface area (Å²) < 4.78 is 5.93. The first-order valence-corrected chi connectivity index (χ1v) is 8.93. The lowest BCUT2D eigenvalue weighted by atomic mass is 9.86. The summed E-state index contributed by atoms with van der Waals surface area (Å²) in [5, 5.41) is 24.2. The minimum absolute atomic E-state index is 0.298. The number of hydrogen-bond donors (Lipinski definition) is 3. The zero-order chi connectivity index (χ0) is 17.7. The van der Waals surface area contributed by atoms with Crippen molar-refractivity contribution in [2.45, 2.75) is 31.6 Å². The van der Waals surface area contributed by atoms with Crippen LogP contribution in [-0.2, 0) is 6.54 Å². The zero-order valence-electron chi connectivity index (χ0n) is 14.1. The second-order valence-corrected chi connectivity index (χ2v) is 7.31. The fraction of sp³-hybridized carbons (Fsp3) is 0.400. The van der Waals surface area contributed by atoms with Crippen molar-refractivity contribution in [1.29, 1.82) is 0 Å². The van der Waals surface area contributed by atoms with Crippen molar-refractivity contribution in [3.63, 3.8) is 0 Å².